The minimum Gasteiger partial charge on any atom is -0.388 e. The van der Waals surface area contributed by atoms with Gasteiger partial charge in [0.25, 0.3) is 5.56 Å². The first-order valence-corrected chi connectivity index (χ1v) is 13.1. The van der Waals surface area contributed by atoms with Gasteiger partial charge in [-0.2, -0.15) is 13.0 Å². The van der Waals surface area contributed by atoms with Gasteiger partial charge in [0.1, 0.15) is 23.8 Å². The van der Waals surface area contributed by atoms with Crippen LogP contribution in [0.15, 0.2) is 15.8 Å². The van der Waals surface area contributed by atoms with Crippen LogP contribution in [-0.4, -0.2) is 64.1 Å². The Labute approximate surface area is 186 Å². The molecule has 1 aromatic heterocycles. The normalized spacial score (nSPS) is 30.5. The molecule has 6 N–H and O–H groups in total. The van der Waals surface area contributed by atoms with E-state index in [1.54, 1.807) is 4.98 Å². The number of H-pyrrole nitrogens is 1. The van der Waals surface area contributed by atoms with Crippen LogP contribution in [-0.2, 0) is 31.6 Å². The molecule has 3 unspecified atom stereocenters. The standard InChI is InChI=1S/C11H16ClF2N2O14P3/c1-4(28-32(23,24)30-33(25,26)29-31(20,21)22)6-7(17)11(12,3-13)9(27-6)16-2-5(14)8(18)15-10(16)19/h2,4,6-7,9,17H,3H2,1H3,(H,23,24)(H,25,26)(H,15,18,19)(H2,20,21,22)/t4-,6+,7?,9+,11+/m0/s1. The number of phosphoric acid groups is 3. The average Bonchev–Trinajstić information content (AvgIpc) is 2.87. The van der Waals surface area contributed by atoms with Crippen molar-refractivity contribution in [2.45, 2.75) is 36.3 Å². The number of alkyl halides is 2. The minimum absolute atomic E-state index is 0.296. The van der Waals surface area contributed by atoms with E-state index in [-0.39, 0.29) is 0 Å². The summed E-state index contributed by atoms with van der Waals surface area (Å²) in [6, 6.07) is 0. The molecule has 1 aliphatic rings. The van der Waals surface area contributed by atoms with Gasteiger partial charge in [-0.15, -0.1) is 11.6 Å². The fourth-order valence-electron chi connectivity index (χ4n) is 2.77. The van der Waals surface area contributed by atoms with E-state index in [9.17, 15) is 42.1 Å². The van der Waals surface area contributed by atoms with Gasteiger partial charge in [0, 0.05) is 0 Å². The second-order valence-electron chi connectivity index (χ2n) is 6.50. The first-order valence-electron chi connectivity index (χ1n) is 8.23. The summed E-state index contributed by atoms with van der Waals surface area (Å²) >= 11 is 6.03. The quantitative estimate of drug-likeness (QED) is 0.165. The lowest BCUT2D eigenvalue weighted by atomic mass is 9.97. The molecule has 0 radical (unpaired) electrons. The highest BCUT2D eigenvalue weighted by atomic mass is 35.5. The molecular formula is C11H16ClF2N2O14P3. The van der Waals surface area contributed by atoms with Crippen LogP contribution < -0.4 is 11.2 Å². The fraction of sp³-hybridized carbons (Fsp3) is 0.636. The SMILES string of the molecule is C[C@H](OP(=O)(O)OP(=O)(O)OP(=O)(O)O)[C@H]1O[C@@H](n2cc(F)c(=O)[nH]c2=O)[C@@](Cl)(CF)C1O. The average molecular weight is 567 g/mol. The Morgan fingerprint density at radius 3 is 2.33 bits per heavy atom. The van der Waals surface area contributed by atoms with Gasteiger partial charge in [0.05, 0.1) is 12.3 Å². The van der Waals surface area contributed by atoms with Gasteiger partial charge in [-0.3, -0.25) is 18.9 Å². The van der Waals surface area contributed by atoms with Crippen LogP contribution in [0.3, 0.4) is 0 Å². The number of aliphatic hydroxyl groups is 1. The number of rotatable bonds is 9. The number of phosphoric ester groups is 1. The van der Waals surface area contributed by atoms with Crippen molar-refractivity contribution in [3.8, 4) is 0 Å². The van der Waals surface area contributed by atoms with E-state index < -0.39 is 76.6 Å². The predicted molar refractivity (Wildman–Crippen MR) is 100 cm³/mol. The summed E-state index contributed by atoms with van der Waals surface area (Å²) in [5.41, 5.74) is -2.74. The molecule has 2 heterocycles. The van der Waals surface area contributed by atoms with Gasteiger partial charge in [-0.1, -0.05) is 0 Å². The van der Waals surface area contributed by atoms with E-state index in [0.717, 1.165) is 6.92 Å². The second kappa shape index (κ2) is 9.66. The van der Waals surface area contributed by atoms with Crippen LogP contribution in [0.4, 0.5) is 8.78 Å². The number of halogens is 3. The molecule has 1 aromatic rings. The third kappa shape index (κ3) is 6.64. The summed E-state index contributed by atoms with van der Waals surface area (Å²) in [4.78, 5) is 58.0. The monoisotopic (exact) mass is 566 g/mol. The van der Waals surface area contributed by atoms with Gasteiger partial charge in [-0.05, 0) is 6.92 Å². The maximum Gasteiger partial charge on any atom is 0.490 e. The molecule has 1 aliphatic heterocycles. The van der Waals surface area contributed by atoms with Crippen molar-refractivity contribution < 1.29 is 65.0 Å². The van der Waals surface area contributed by atoms with Crippen LogP contribution in [0.1, 0.15) is 13.2 Å². The Hall–Kier alpha value is -0.840. The Morgan fingerprint density at radius 1 is 1.24 bits per heavy atom. The zero-order valence-corrected chi connectivity index (χ0v) is 19.4. The molecule has 33 heavy (non-hydrogen) atoms. The summed E-state index contributed by atoms with van der Waals surface area (Å²) < 4.78 is 78.4. The van der Waals surface area contributed by atoms with Gasteiger partial charge >= 0.3 is 29.2 Å². The Kier molecular flexibility index (Phi) is 8.32. The number of aliphatic hydroxyl groups excluding tert-OH is 1. The summed E-state index contributed by atoms with van der Waals surface area (Å²) in [5, 5.41) is 10.4. The molecular weight excluding hydrogens is 550 g/mol. The number of aromatic nitrogens is 2. The van der Waals surface area contributed by atoms with E-state index in [1.807, 2.05) is 0 Å². The maximum atomic E-state index is 13.8. The zero-order valence-electron chi connectivity index (χ0n) is 15.9. The van der Waals surface area contributed by atoms with Gasteiger partial charge < -0.3 is 29.4 Å². The fourth-order valence-corrected chi connectivity index (χ4v) is 6.25. The Balaban J connectivity index is 2.30. The van der Waals surface area contributed by atoms with Crippen molar-refractivity contribution in [2.75, 3.05) is 6.67 Å². The summed E-state index contributed by atoms with van der Waals surface area (Å²) in [5.74, 6) is -1.50. The van der Waals surface area contributed by atoms with Crippen molar-refractivity contribution in [1.29, 1.82) is 0 Å². The van der Waals surface area contributed by atoms with E-state index in [4.69, 9.17) is 31.0 Å². The molecule has 0 amide bonds. The van der Waals surface area contributed by atoms with Crippen LogP contribution in [0, 0.1) is 5.82 Å². The van der Waals surface area contributed by atoms with Crippen LogP contribution in [0.2, 0.25) is 0 Å². The van der Waals surface area contributed by atoms with E-state index in [2.05, 4.69) is 13.1 Å². The molecule has 190 valence electrons. The third-order valence-corrected chi connectivity index (χ3v) is 8.50. The number of hydrogen-bond acceptors (Lipinski definition) is 10. The van der Waals surface area contributed by atoms with Crippen LogP contribution >= 0.6 is 35.1 Å². The maximum absolute atomic E-state index is 13.8. The molecule has 0 bridgehead atoms. The molecule has 0 spiro atoms. The van der Waals surface area contributed by atoms with E-state index in [0.29, 0.717) is 10.8 Å². The smallest absolute Gasteiger partial charge is 0.388 e. The number of nitrogens with one attached hydrogen (secondary N) is 1. The molecule has 22 heteroatoms. The lowest BCUT2D eigenvalue weighted by molar-refractivity contribution is -0.0757. The van der Waals surface area contributed by atoms with Crippen molar-refractivity contribution >= 4 is 35.1 Å². The molecule has 0 saturated carbocycles. The zero-order chi connectivity index (χ0) is 25.6. The van der Waals surface area contributed by atoms with Gasteiger partial charge in [-0.25, -0.2) is 22.9 Å². The van der Waals surface area contributed by atoms with Crippen molar-refractivity contribution in [1.82, 2.24) is 9.55 Å². The highest BCUT2D eigenvalue weighted by Crippen LogP contribution is 2.66. The molecule has 1 saturated heterocycles. The molecule has 16 nitrogen and oxygen atoms in total. The Morgan fingerprint density at radius 2 is 1.82 bits per heavy atom. The second-order valence-corrected chi connectivity index (χ2v) is 11.6. The predicted octanol–water partition coefficient (Wildman–Crippen LogP) is -0.387. The molecule has 1 fully saturated rings. The van der Waals surface area contributed by atoms with Crippen molar-refractivity contribution in [2.24, 2.45) is 0 Å². The van der Waals surface area contributed by atoms with Crippen molar-refractivity contribution in [3.63, 3.8) is 0 Å². The lowest BCUT2D eigenvalue weighted by Crippen LogP contribution is -2.48. The number of ether oxygens (including phenoxy) is 1. The van der Waals surface area contributed by atoms with Crippen molar-refractivity contribution in [3.05, 3.63) is 32.9 Å². The first-order chi connectivity index (χ1) is 14.8. The molecule has 0 aliphatic carbocycles. The lowest BCUT2D eigenvalue weighted by Gasteiger charge is -2.28. The highest BCUT2D eigenvalue weighted by Gasteiger charge is 2.59. The van der Waals surface area contributed by atoms with E-state index in [1.165, 1.54) is 0 Å². The number of hydrogen-bond donors (Lipinski definition) is 6. The summed E-state index contributed by atoms with van der Waals surface area (Å²) in [6.07, 6.45) is -7.58. The molecule has 7 atom stereocenters. The topological polar surface area (TPSA) is 244 Å². The van der Waals surface area contributed by atoms with E-state index >= 15 is 0 Å². The van der Waals surface area contributed by atoms with Gasteiger partial charge in [0.2, 0.25) is 5.82 Å². The number of nitrogens with zero attached hydrogens (tertiary/aromatic N) is 1. The van der Waals surface area contributed by atoms with Gasteiger partial charge in [0.15, 0.2) is 6.23 Å². The molecule has 0 aromatic carbocycles. The first kappa shape index (κ1) is 28.4. The minimum atomic E-state index is -5.86. The molecule has 2 rings (SSSR count). The van der Waals surface area contributed by atoms with Crippen LogP contribution in [0.25, 0.3) is 0 Å². The largest absolute Gasteiger partial charge is 0.490 e. The Bertz CT molecular complexity index is 1160. The number of aromatic amines is 1. The third-order valence-electron chi connectivity index (χ3n) is 4.06. The summed E-state index contributed by atoms with van der Waals surface area (Å²) in [7, 11) is -17.2. The van der Waals surface area contributed by atoms with Crippen LogP contribution in [0.5, 0.6) is 0 Å². The summed E-state index contributed by atoms with van der Waals surface area (Å²) in [6.45, 7) is -0.730. The highest BCUT2D eigenvalue weighted by molar-refractivity contribution is 7.66.